The largest absolute Gasteiger partial charge is 0.375 e. The smallest absolute Gasteiger partial charge is 0.261 e. The summed E-state index contributed by atoms with van der Waals surface area (Å²) in [4.78, 5) is 0. The molecule has 1 atom stereocenters. The molecule has 0 aliphatic carbocycles. The highest BCUT2D eigenvalue weighted by Crippen LogP contribution is 2.18. The Hall–Kier alpha value is -1.00. The molecule has 0 aromatic heterocycles. The van der Waals surface area contributed by atoms with Crippen LogP contribution in [0.2, 0.25) is 0 Å². The lowest BCUT2D eigenvalue weighted by Gasteiger charge is -2.19. The third-order valence-corrected chi connectivity index (χ3v) is 3.01. The Morgan fingerprint density at radius 1 is 1.26 bits per heavy atom. The van der Waals surface area contributed by atoms with Crippen LogP contribution < -0.4 is 5.32 Å². The number of ether oxygens (including phenoxy) is 1. The van der Waals surface area contributed by atoms with E-state index in [4.69, 9.17) is 4.74 Å². The molecule has 0 fully saturated rings. The van der Waals surface area contributed by atoms with Gasteiger partial charge in [-0.1, -0.05) is 38.1 Å². The molecule has 0 amide bonds. The minimum absolute atomic E-state index is 0.161. The molecule has 19 heavy (non-hydrogen) atoms. The van der Waals surface area contributed by atoms with E-state index in [9.17, 15) is 8.78 Å². The fourth-order valence-corrected chi connectivity index (χ4v) is 2.04. The fraction of sp³-hybridized carbons (Fsp3) is 0.600. The van der Waals surface area contributed by atoms with Gasteiger partial charge in [-0.05, 0) is 30.5 Å². The summed E-state index contributed by atoms with van der Waals surface area (Å²) in [7, 11) is 0. The molecule has 0 aliphatic rings. The fourth-order valence-electron chi connectivity index (χ4n) is 2.04. The zero-order chi connectivity index (χ0) is 14.1. The van der Waals surface area contributed by atoms with Gasteiger partial charge in [0.15, 0.2) is 0 Å². The van der Waals surface area contributed by atoms with Gasteiger partial charge in [-0.15, -0.1) is 0 Å². The minimum Gasteiger partial charge on any atom is -0.375 e. The molecule has 0 saturated carbocycles. The number of benzene rings is 1. The maximum Gasteiger partial charge on any atom is 0.261 e. The van der Waals surface area contributed by atoms with Crippen molar-refractivity contribution < 1.29 is 13.5 Å². The highest BCUT2D eigenvalue weighted by Gasteiger charge is 2.11. The summed E-state index contributed by atoms with van der Waals surface area (Å²) in [6.45, 7) is 4.87. The summed E-state index contributed by atoms with van der Waals surface area (Å²) in [5.74, 6) is 0. The molecule has 0 radical (unpaired) electrons. The third-order valence-electron chi connectivity index (χ3n) is 3.01. The number of hydrogen-bond acceptors (Lipinski definition) is 2. The van der Waals surface area contributed by atoms with Crippen LogP contribution in [0.1, 0.15) is 37.4 Å². The SMILES string of the molecule is CCNC(CCOCC(F)F)c1cccc(CC)c1. The molecule has 0 saturated heterocycles. The molecule has 4 heteroatoms. The summed E-state index contributed by atoms with van der Waals surface area (Å²) >= 11 is 0. The number of hydrogen-bond donors (Lipinski definition) is 1. The van der Waals surface area contributed by atoms with Gasteiger partial charge >= 0.3 is 0 Å². The standard InChI is InChI=1S/C15H23F2NO/c1-3-12-6-5-7-13(10-12)14(18-4-2)8-9-19-11-15(16)17/h5-7,10,14-15,18H,3-4,8-9,11H2,1-2H3. The maximum atomic E-state index is 12.0. The molecule has 1 aromatic carbocycles. The number of aryl methyl sites for hydroxylation is 1. The zero-order valence-corrected chi connectivity index (χ0v) is 11.7. The summed E-state index contributed by atoms with van der Waals surface area (Å²) in [5.41, 5.74) is 2.48. The minimum atomic E-state index is -2.39. The molecular formula is C15H23F2NO. The van der Waals surface area contributed by atoms with Crippen molar-refractivity contribution in [3.63, 3.8) is 0 Å². The lowest BCUT2D eigenvalue weighted by atomic mass is 10.0. The molecule has 1 rings (SSSR count). The molecule has 1 aromatic rings. The van der Waals surface area contributed by atoms with Gasteiger partial charge in [-0.25, -0.2) is 8.78 Å². The molecule has 0 heterocycles. The van der Waals surface area contributed by atoms with E-state index in [1.807, 2.05) is 13.0 Å². The monoisotopic (exact) mass is 271 g/mol. The first-order valence-electron chi connectivity index (χ1n) is 6.85. The second-order valence-electron chi connectivity index (χ2n) is 4.46. The Kier molecular flexibility index (Phi) is 7.60. The van der Waals surface area contributed by atoms with Crippen molar-refractivity contribution in [1.29, 1.82) is 0 Å². The van der Waals surface area contributed by atoms with Crippen LogP contribution in [0.25, 0.3) is 0 Å². The molecule has 1 unspecified atom stereocenters. The van der Waals surface area contributed by atoms with Gasteiger partial charge in [0.2, 0.25) is 0 Å². The van der Waals surface area contributed by atoms with Gasteiger partial charge in [0, 0.05) is 12.6 Å². The van der Waals surface area contributed by atoms with E-state index in [-0.39, 0.29) is 6.04 Å². The molecule has 0 bridgehead atoms. The highest BCUT2D eigenvalue weighted by atomic mass is 19.3. The topological polar surface area (TPSA) is 21.3 Å². The van der Waals surface area contributed by atoms with E-state index in [1.54, 1.807) is 0 Å². The normalized spacial score (nSPS) is 12.9. The van der Waals surface area contributed by atoms with E-state index in [0.717, 1.165) is 13.0 Å². The van der Waals surface area contributed by atoms with Crippen molar-refractivity contribution in [3.8, 4) is 0 Å². The maximum absolute atomic E-state index is 12.0. The van der Waals surface area contributed by atoms with Crippen molar-refractivity contribution in [2.75, 3.05) is 19.8 Å². The van der Waals surface area contributed by atoms with Crippen LogP contribution >= 0.6 is 0 Å². The summed E-state index contributed by atoms with van der Waals surface area (Å²) in [6.07, 6.45) is -0.691. The predicted octanol–water partition coefficient (Wildman–Crippen LogP) is 3.57. The molecule has 0 spiro atoms. The van der Waals surface area contributed by atoms with Crippen molar-refractivity contribution in [1.82, 2.24) is 5.32 Å². The van der Waals surface area contributed by atoms with Crippen LogP contribution in [0.5, 0.6) is 0 Å². The first-order valence-corrected chi connectivity index (χ1v) is 6.85. The quantitative estimate of drug-likeness (QED) is 0.693. The number of nitrogens with one attached hydrogen (secondary N) is 1. The van der Waals surface area contributed by atoms with E-state index in [2.05, 4.69) is 30.4 Å². The predicted molar refractivity (Wildman–Crippen MR) is 73.7 cm³/mol. The molecule has 1 N–H and O–H groups in total. The van der Waals surface area contributed by atoms with E-state index in [1.165, 1.54) is 11.1 Å². The van der Waals surface area contributed by atoms with Gasteiger partial charge in [-0.2, -0.15) is 0 Å². The molecule has 108 valence electrons. The molecule has 0 aliphatic heterocycles. The van der Waals surface area contributed by atoms with Crippen LogP contribution in [0.3, 0.4) is 0 Å². The second kappa shape index (κ2) is 8.99. The Bertz CT molecular complexity index is 358. The Morgan fingerprint density at radius 2 is 2.05 bits per heavy atom. The lowest BCUT2D eigenvalue weighted by Crippen LogP contribution is -2.23. The average molecular weight is 271 g/mol. The summed E-state index contributed by atoms with van der Waals surface area (Å²) < 4.78 is 28.9. The van der Waals surface area contributed by atoms with Gasteiger partial charge in [-0.3, -0.25) is 0 Å². The van der Waals surface area contributed by atoms with Crippen molar-refractivity contribution in [3.05, 3.63) is 35.4 Å². The van der Waals surface area contributed by atoms with Crippen molar-refractivity contribution in [2.24, 2.45) is 0 Å². The molecular weight excluding hydrogens is 248 g/mol. The van der Waals surface area contributed by atoms with Gasteiger partial charge in [0.1, 0.15) is 6.61 Å². The second-order valence-corrected chi connectivity index (χ2v) is 4.46. The summed E-state index contributed by atoms with van der Waals surface area (Å²) in [5, 5.41) is 3.37. The van der Waals surface area contributed by atoms with Gasteiger partial charge in [0.05, 0.1) is 0 Å². The zero-order valence-electron chi connectivity index (χ0n) is 11.7. The molecule has 2 nitrogen and oxygen atoms in total. The Morgan fingerprint density at radius 3 is 2.68 bits per heavy atom. The highest BCUT2D eigenvalue weighted by molar-refractivity contribution is 5.26. The van der Waals surface area contributed by atoms with E-state index >= 15 is 0 Å². The third kappa shape index (κ3) is 6.12. The number of alkyl halides is 2. The van der Waals surface area contributed by atoms with E-state index < -0.39 is 13.0 Å². The van der Waals surface area contributed by atoms with Crippen LogP contribution in [0.15, 0.2) is 24.3 Å². The Labute approximate surface area is 114 Å². The number of rotatable bonds is 9. The van der Waals surface area contributed by atoms with Crippen molar-refractivity contribution >= 4 is 0 Å². The first kappa shape index (κ1) is 16.1. The van der Waals surface area contributed by atoms with Crippen LogP contribution in [-0.2, 0) is 11.2 Å². The average Bonchev–Trinajstić information content (AvgIpc) is 2.42. The summed E-state index contributed by atoms with van der Waals surface area (Å²) in [6, 6.07) is 8.53. The van der Waals surface area contributed by atoms with Crippen LogP contribution in [-0.4, -0.2) is 26.2 Å². The van der Waals surface area contributed by atoms with Crippen molar-refractivity contribution in [2.45, 2.75) is 39.2 Å². The Balaban J connectivity index is 2.55. The van der Waals surface area contributed by atoms with Crippen LogP contribution in [0.4, 0.5) is 8.78 Å². The van der Waals surface area contributed by atoms with Gasteiger partial charge < -0.3 is 10.1 Å². The number of halogens is 2. The first-order chi connectivity index (χ1) is 9.17. The van der Waals surface area contributed by atoms with Gasteiger partial charge in [0.25, 0.3) is 6.43 Å². The van der Waals surface area contributed by atoms with Crippen LogP contribution in [0, 0.1) is 0 Å². The lowest BCUT2D eigenvalue weighted by molar-refractivity contribution is 0.0144. The van der Waals surface area contributed by atoms with E-state index in [0.29, 0.717) is 13.0 Å².